The van der Waals surface area contributed by atoms with Crippen molar-refractivity contribution >= 4 is 23.2 Å². The number of benzene rings is 1. The van der Waals surface area contributed by atoms with Crippen LogP contribution in [0.1, 0.15) is 0 Å². The SMILES string of the molecule is Clc1ccc(-c2cccnc2-c2cc(Cl)ccn2)cc1. The summed E-state index contributed by atoms with van der Waals surface area (Å²) >= 11 is 12.0. The van der Waals surface area contributed by atoms with Crippen LogP contribution in [0.3, 0.4) is 0 Å². The van der Waals surface area contributed by atoms with Crippen molar-refractivity contribution in [1.82, 2.24) is 9.97 Å². The molecule has 0 aliphatic rings. The summed E-state index contributed by atoms with van der Waals surface area (Å²) in [5.41, 5.74) is 3.60. The Hall–Kier alpha value is -1.90. The van der Waals surface area contributed by atoms with Gasteiger partial charge in [0.25, 0.3) is 0 Å². The Labute approximate surface area is 127 Å². The number of aromatic nitrogens is 2. The Morgan fingerprint density at radius 2 is 1.55 bits per heavy atom. The predicted octanol–water partition coefficient (Wildman–Crippen LogP) is 5.12. The molecule has 0 radical (unpaired) electrons. The first kappa shape index (κ1) is 13.1. The van der Waals surface area contributed by atoms with Gasteiger partial charge in [-0.2, -0.15) is 0 Å². The molecule has 3 aromatic rings. The molecular formula is C16H10Cl2N2. The topological polar surface area (TPSA) is 25.8 Å². The summed E-state index contributed by atoms with van der Waals surface area (Å²) in [5.74, 6) is 0. The third-order valence-corrected chi connectivity index (χ3v) is 3.41. The number of nitrogens with zero attached hydrogens (tertiary/aromatic N) is 2. The Bertz CT molecular complexity index is 739. The summed E-state index contributed by atoms with van der Waals surface area (Å²) in [7, 11) is 0. The lowest BCUT2D eigenvalue weighted by Gasteiger charge is -2.08. The normalized spacial score (nSPS) is 10.5. The molecule has 98 valence electrons. The van der Waals surface area contributed by atoms with E-state index in [0.29, 0.717) is 10.0 Å². The minimum atomic E-state index is 0.641. The summed E-state index contributed by atoms with van der Waals surface area (Å²) in [6, 6.07) is 15.1. The first-order valence-electron chi connectivity index (χ1n) is 6.07. The lowest BCUT2D eigenvalue weighted by Crippen LogP contribution is -1.91. The molecular weight excluding hydrogens is 291 g/mol. The van der Waals surface area contributed by atoms with Gasteiger partial charge in [0.2, 0.25) is 0 Å². The molecule has 0 aliphatic carbocycles. The minimum absolute atomic E-state index is 0.641. The molecule has 0 bridgehead atoms. The van der Waals surface area contributed by atoms with Crippen molar-refractivity contribution in [2.24, 2.45) is 0 Å². The van der Waals surface area contributed by atoms with Gasteiger partial charge in [0.05, 0.1) is 11.4 Å². The molecule has 0 atom stereocenters. The van der Waals surface area contributed by atoms with Crippen LogP contribution in [0, 0.1) is 0 Å². The highest BCUT2D eigenvalue weighted by Crippen LogP contribution is 2.30. The van der Waals surface area contributed by atoms with E-state index in [1.165, 1.54) is 0 Å². The maximum atomic E-state index is 6.03. The molecule has 0 N–H and O–H groups in total. The van der Waals surface area contributed by atoms with Gasteiger partial charge >= 0.3 is 0 Å². The second-order valence-corrected chi connectivity index (χ2v) is 5.14. The highest BCUT2D eigenvalue weighted by Gasteiger charge is 2.09. The summed E-state index contributed by atoms with van der Waals surface area (Å²) < 4.78 is 0. The second-order valence-electron chi connectivity index (χ2n) is 4.27. The quantitative estimate of drug-likeness (QED) is 0.656. The van der Waals surface area contributed by atoms with Gasteiger partial charge < -0.3 is 0 Å². The molecule has 2 heterocycles. The van der Waals surface area contributed by atoms with Crippen LogP contribution in [-0.2, 0) is 0 Å². The fraction of sp³-hybridized carbons (Fsp3) is 0. The summed E-state index contributed by atoms with van der Waals surface area (Å²) in [4.78, 5) is 8.78. The lowest BCUT2D eigenvalue weighted by molar-refractivity contribution is 1.25. The van der Waals surface area contributed by atoms with Crippen LogP contribution in [0.15, 0.2) is 60.9 Å². The molecule has 0 aliphatic heterocycles. The van der Waals surface area contributed by atoms with Gasteiger partial charge in [-0.1, -0.05) is 41.4 Å². The zero-order valence-electron chi connectivity index (χ0n) is 10.4. The van der Waals surface area contributed by atoms with Crippen molar-refractivity contribution in [3.05, 3.63) is 71.0 Å². The van der Waals surface area contributed by atoms with Crippen LogP contribution in [0.2, 0.25) is 10.0 Å². The number of rotatable bonds is 2. The lowest BCUT2D eigenvalue weighted by atomic mass is 10.0. The number of hydrogen-bond donors (Lipinski definition) is 0. The van der Waals surface area contributed by atoms with E-state index in [1.54, 1.807) is 18.5 Å². The van der Waals surface area contributed by atoms with Gasteiger partial charge in [0, 0.05) is 28.0 Å². The third kappa shape index (κ3) is 2.67. The minimum Gasteiger partial charge on any atom is -0.254 e. The van der Waals surface area contributed by atoms with Gasteiger partial charge in [0.1, 0.15) is 0 Å². The van der Waals surface area contributed by atoms with Crippen LogP contribution < -0.4 is 0 Å². The van der Waals surface area contributed by atoms with E-state index in [2.05, 4.69) is 9.97 Å². The van der Waals surface area contributed by atoms with E-state index in [0.717, 1.165) is 22.5 Å². The maximum Gasteiger partial charge on any atom is 0.0964 e. The van der Waals surface area contributed by atoms with Gasteiger partial charge in [0.15, 0.2) is 0 Å². The molecule has 0 amide bonds. The Morgan fingerprint density at radius 1 is 0.750 bits per heavy atom. The Morgan fingerprint density at radius 3 is 2.30 bits per heavy atom. The van der Waals surface area contributed by atoms with Gasteiger partial charge in [-0.3, -0.25) is 9.97 Å². The third-order valence-electron chi connectivity index (χ3n) is 2.93. The zero-order chi connectivity index (χ0) is 13.9. The number of halogens is 2. The second kappa shape index (κ2) is 5.61. The molecule has 2 nitrogen and oxygen atoms in total. The Balaban J connectivity index is 2.16. The van der Waals surface area contributed by atoms with Crippen LogP contribution >= 0.6 is 23.2 Å². The first-order chi connectivity index (χ1) is 9.74. The summed E-state index contributed by atoms with van der Waals surface area (Å²) in [6.45, 7) is 0. The molecule has 0 fully saturated rings. The molecule has 0 unspecified atom stereocenters. The van der Waals surface area contributed by atoms with Crippen molar-refractivity contribution in [3.8, 4) is 22.5 Å². The fourth-order valence-corrected chi connectivity index (χ4v) is 2.29. The highest BCUT2D eigenvalue weighted by molar-refractivity contribution is 6.31. The number of pyridine rings is 2. The fourth-order valence-electron chi connectivity index (χ4n) is 2.01. The average molecular weight is 301 g/mol. The van der Waals surface area contributed by atoms with Crippen LogP contribution in [0.5, 0.6) is 0 Å². The summed E-state index contributed by atoms with van der Waals surface area (Å²) in [5, 5.41) is 1.35. The smallest absolute Gasteiger partial charge is 0.0964 e. The molecule has 4 heteroatoms. The van der Waals surface area contributed by atoms with E-state index in [9.17, 15) is 0 Å². The molecule has 20 heavy (non-hydrogen) atoms. The van der Waals surface area contributed by atoms with Crippen molar-refractivity contribution < 1.29 is 0 Å². The van der Waals surface area contributed by atoms with Crippen LogP contribution in [0.4, 0.5) is 0 Å². The largest absolute Gasteiger partial charge is 0.254 e. The maximum absolute atomic E-state index is 6.03. The molecule has 0 saturated carbocycles. The van der Waals surface area contributed by atoms with E-state index >= 15 is 0 Å². The van der Waals surface area contributed by atoms with Gasteiger partial charge in [-0.25, -0.2) is 0 Å². The van der Waals surface area contributed by atoms with E-state index in [4.69, 9.17) is 23.2 Å². The average Bonchev–Trinajstić information content (AvgIpc) is 2.48. The predicted molar refractivity (Wildman–Crippen MR) is 82.9 cm³/mol. The monoisotopic (exact) mass is 300 g/mol. The van der Waals surface area contributed by atoms with Gasteiger partial charge in [-0.05, 0) is 35.9 Å². The van der Waals surface area contributed by atoms with E-state index < -0.39 is 0 Å². The van der Waals surface area contributed by atoms with Crippen molar-refractivity contribution in [3.63, 3.8) is 0 Å². The van der Waals surface area contributed by atoms with Crippen molar-refractivity contribution in [1.29, 1.82) is 0 Å². The van der Waals surface area contributed by atoms with Crippen molar-refractivity contribution in [2.45, 2.75) is 0 Å². The van der Waals surface area contributed by atoms with Crippen LogP contribution in [-0.4, -0.2) is 9.97 Å². The standard InChI is InChI=1S/C16H10Cl2N2/c17-12-5-3-11(4-6-12)14-2-1-8-20-16(14)15-10-13(18)7-9-19-15/h1-10H. The van der Waals surface area contributed by atoms with Gasteiger partial charge in [-0.15, -0.1) is 0 Å². The summed E-state index contributed by atoms with van der Waals surface area (Å²) in [6.07, 6.45) is 3.43. The zero-order valence-corrected chi connectivity index (χ0v) is 11.9. The molecule has 0 saturated heterocycles. The number of hydrogen-bond acceptors (Lipinski definition) is 2. The van der Waals surface area contributed by atoms with E-state index in [1.807, 2.05) is 42.5 Å². The molecule has 2 aromatic heterocycles. The first-order valence-corrected chi connectivity index (χ1v) is 6.82. The van der Waals surface area contributed by atoms with Crippen molar-refractivity contribution in [2.75, 3.05) is 0 Å². The van der Waals surface area contributed by atoms with Crippen LogP contribution in [0.25, 0.3) is 22.5 Å². The van der Waals surface area contributed by atoms with E-state index in [-0.39, 0.29) is 0 Å². The molecule has 3 rings (SSSR count). The Kier molecular flexibility index (Phi) is 3.68. The molecule has 0 spiro atoms. The molecule has 1 aromatic carbocycles. The highest BCUT2D eigenvalue weighted by atomic mass is 35.5.